The van der Waals surface area contributed by atoms with Crippen LogP contribution in [0.4, 0.5) is 4.39 Å². The molecule has 0 atom stereocenters. The number of amides is 1. The summed E-state index contributed by atoms with van der Waals surface area (Å²) in [4.78, 5) is 11.8. The quantitative estimate of drug-likeness (QED) is 0.909. The van der Waals surface area contributed by atoms with E-state index in [0.717, 1.165) is 5.56 Å². The molecule has 0 fully saturated rings. The standard InChI is InChI=1S/C14H10Cl2FNO/c15-11-4-1-10(13(16)7-11)8-18-14(19)9-2-5-12(17)6-3-9/h1-7H,8H2,(H,18,19). The predicted molar refractivity (Wildman–Crippen MR) is 74.0 cm³/mol. The van der Waals surface area contributed by atoms with E-state index < -0.39 is 0 Å². The molecular formula is C14H10Cl2FNO. The third-order valence-electron chi connectivity index (χ3n) is 2.56. The number of carbonyl (C=O) groups excluding carboxylic acids is 1. The van der Waals surface area contributed by atoms with Crippen LogP contribution in [0.3, 0.4) is 0 Å². The zero-order valence-corrected chi connectivity index (χ0v) is 11.3. The summed E-state index contributed by atoms with van der Waals surface area (Å²) in [6.45, 7) is 0.284. The van der Waals surface area contributed by atoms with Crippen molar-refractivity contribution in [3.63, 3.8) is 0 Å². The summed E-state index contributed by atoms with van der Waals surface area (Å²) >= 11 is 11.8. The molecule has 0 bridgehead atoms. The zero-order valence-electron chi connectivity index (χ0n) is 9.79. The van der Waals surface area contributed by atoms with Crippen LogP contribution in [0.25, 0.3) is 0 Å². The molecule has 1 N–H and O–H groups in total. The van der Waals surface area contributed by atoms with Gasteiger partial charge in [0.1, 0.15) is 5.82 Å². The average Bonchev–Trinajstić information content (AvgIpc) is 2.38. The maximum absolute atomic E-state index is 12.7. The van der Waals surface area contributed by atoms with Gasteiger partial charge in [0.25, 0.3) is 5.91 Å². The van der Waals surface area contributed by atoms with Crippen molar-refractivity contribution in [2.75, 3.05) is 0 Å². The minimum absolute atomic E-state index is 0.284. The van der Waals surface area contributed by atoms with Gasteiger partial charge in [-0.1, -0.05) is 29.3 Å². The highest BCUT2D eigenvalue weighted by atomic mass is 35.5. The van der Waals surface area contributed by atoms with Crippen LogP contribution in [0, 0.1) is 5.82 Å². The summed E-state index contributed by atoms with van der Waals surface area (Å²) in [6, 6.07) is 10.4. The molecule has 0 saturated heterocycles. The number of rotatable bonds is 3. The van der Waals surface area contributed by atoms with E-state index in [9.17, 15) is 9.18 Å². The molecule has 0 aliphatic carbocycles. The fourth-order valence-corrected chi connectivity index (χ4v) is 2.02. The van der Waals surface area contributed by atoms with Gasteiger partial charge in [0.15, 0.2) is 0 Å². The van der Waals surface area contributed by atoms with Crippen LogP contribution >= 0.6 is 23.2 Å². The maximum atomic E-state index is 12.7. The normalized spacial score (nSPS) is 10.3. The number of benzene rings is 2. The number of halogens is 3. The number of carbonyl (C=O) groups is 1. The number of nitrogens with one attached hydrogen (secondary N) is 1. The van der Waals surface area contributed by atoms with Gasteiger partial charge in [0.05, 0.1) is 0 Å². The third kappa shape index (κ3) is 3.69. The lowest BCUT2D eigenvalue weighted by Gasteiger charge is -2.07. The van der Waals surface area contributed by atoms with Crippen LogP contribution < -0.4 is 5.32 Å². The zero-order chi connectivity index (χ0) is 13.8. The Morgan fingerprint density at radius 1 is 1.11 bits per heavy atom. The van der Waals surface area contributed by atoms with Crippen molar-refractivity contribution in [1.82, 2.24) is 5.32 Å². The Hall–Kier alpha value is -1.58. The highest BCUT2D eigenvalue weighted by Gasteiger charge is 2.07. The Labute approximate surface area is 120 Å². The molecule has 0 radical (unpaired) electrons. The smallest absolute Gasteiger partial charge is 0.251 e. The summed E-state index contributed by atoms with van der Waals surface area (Å²) in [5, 5.41) is 3.74. The Balaban J connectivity index is 2.02. The predicted octanol–water partition coefficient (Wildman–Crippen LogP) is 4.06. The van der Waals surface area contributed by atoms with Gasteiger partial charge in [0.2, 0.25) is 0 Å². The minimum atomic E-state index is -0.378. The largest absolute Gasteiger partial charge is 0.348 e. The molecular weight excluding hydrogens is 288 g/mol. The van der Waals surface area contributed by atoms with Gasteiger partial charge in [0, 0.05) is 22.2 Å². The number of hydrogen-bond acceptors (Lipinski definition) is 1. The van der Waals surface area contributed by atoms with Crippen LogP contribution in [-0.2, 0) is 6.54 Å². The van der Waals surface area contributed by atoms with Crippen molar-refractivity contribution in [2.45, 2.75) is 6.54 Å². The van der Waals surface area contributed by atoms with Crippen LogP contribution in [0.2, 0.25) is 10.0 Å². The molecule has 0 aliphatic rings. The van der Waals surface area contributed by atoms with E-state index in [1.54, 1.807) is 18.2 Å². The molecule has 2 aromatic carbocycles. The molecule has 0 unspecified atom stereocenters. The monoisotopic (exact) mass is 297 g/mol. The first-order valence-corrected chi connectivity index (χ1v) is 6.29. The second-order valence-electron chi connectivity index (χ2n) is 3.93. The Bertz CT molecular complexity index is 599. The van der Waals surface area contributed by atoms with Crippen molar-refractivity contribution >= 4 is 29.1 Å². The van der Waals surface area contributed by atoms with E-state index in [-0.39, 0.29) is 18.3 Å². The molecule has 2 nitrogen and oxygen atoms in total. The molecule has 5 heteroatoms. The second kappa shape index (κ2) is 6.04. The summed E-state index contributed by atoms with van der Waals surface area (Å²) in [5.41, 5.74) is 1.16. The molecule has 1 amide bonds. The lowest BCUT2D eigenvalue weighted by molar-refractivity contribution is 0.0951. The van der Waals surface area contributed by atoms with Crippen molar-refractivity contribution in [2.24, 2.45) is 0 Å². The first-order valence-electron chi connectivity index (χ1n) is 5.54. The molecule has 2 rings (SSSR count). The third-order valence-corrected chi connectivity index (χ3v) is 3.15. The topological polar surface area (TPSA) is 29.1 Å². The molecule has 0 aromatic heterocycles. The molecule has 98 valence electrons. The molecule has 0 saturated carbocycles. The van der Waals surface area contributed by atoms with Crippen molar-refractivity contribution in [3.05, 3.63) is 69.5 Å². The Kier molecular flexibility index (Phi) is 4.40. The summed E-state index contributed by atoms with van der Waals surface area (Å²) in [7, 11) is 0. The summed E-state index contributed by atoms with van der Waals surface area (Å²) in [5.74, 6) is -0.664. The number of hydrogen-bond donors (Lipinski definition) is 1. The summed E-state index contributed by atoms with van der Waals surface area (Å²) < 4.78 is 12.7. The van der Waals surface area contributed by atoms with E-state index in [4.69, 9.17) is 23.2 Å². The van der Waals surface area contributed by atoms with Gasteiger partial charge >= 0.3 is 0 Å². The van der Waals surface area contributed by atoms with Crippen molar-refractivity contribution < 1.29 is 9.18 Å². The van der Waals surface area contributed by atoms with E-state index in [2.05, 4.69) is 5.32 Å². The van der Waals surface area contributed by atoms with Gasteiger partial charge < -0.3 is 5.32 Å². The average molecular weight is 298 g/mol. The van der Waals surface area contributed by atoms with Crippen LogP contribution in [0.5, 0.6) is 0 Å². The van der Waals surface area contributed by atoms with Gasteiger partial charge in [-0.25, -0.2) is 4.39 Å². The van der Waals surface area contributed by atoms with Crippen LogP contribution in [-0.4, -0.2) is 5.91 Å². The fourth-order valence-electron chi connectivity index (χ4n) is 1.54. The molecule has 19 heavy (non-hydrogen) atoms. The fraction of sp³-hybridized carbons (Fsp3) is 0.0714. The van der Waals surface area contributed by atoms with Crippen molar-refractivity contribution in [3.8, 4) is 0 Å². The molecule has 0 aliphatic heterocycles. The van der Waals surface area contributed by atoms with E-state index >= 15 is 0 Å². The Morgan fingerprint density at radius 3 is 2.42 bits per heavy atom. The lowest BCUT2D eigenvalue weighted by atomic mass is 10.2. The lowest BCUT2D eigenvalue weighted by Crippen LogP contribution is -2.22. The van der Waals surface area contributed by atoms with E-state index in [1.165, 1.54) is 24.3 Å². The first kappa shape index (κ1) is 13.8. The molecule has 0 heterocycles. The summed E-state index contributed by atoms with van der Waals surface area (Å²) in [6.07, 6.45) is 0. The highest BCUT2D eigenvalue weighted by Crippen LogP contribution is 2.20. The van der Waals surface area contributed by atoms with Crippen LogP contribution in [0.15, 0.2) is 42.5 Å². The molecule has 0 spiro atoms. The van der Waals surface area contributed by atoms with Gasteiger partial charge in [-0.3, -0.25) is 4.79 Å². The van der Waals surface area contributed by atoms with Crippen LogP contribution in [0.1, 0.15) is 15.9 Å². The van der Waals surface area contributed by atoms with E-state index in [0.29, 0.717) is 15.6 Å². The maximum Gasteiger partial charge on any atom is 0.251 e. The highest BCUT2D eigenvalue weighted by molar-refractivity contribution is 6.35. The van der Waals surface area contributed by atoms with E-state index in [1.807, 2.05) is 0 Å². The minimum Gasteiger partial charge on any atom is -0.348 e. The van der Waals surface area contributed by atoms with Crippen molar-refractivity contribution in [1.29, 1.82) is 0 Å². The SMILES string of the molecule is O=C(NCc1ccc(Cl)cc1Cl)c1ccc(F)cc1. The van der Waals surface area contributed by atoms with Gasteiger partial charge in [-0.2, -0.15) is 0 Å². The Morgan fingerprint density at radius 2 is 1.79 bits per heavy atom. The first-order chi connectivity index (χ1) is 9.06. The second-order valence-corrected chi connectivity index (χ2v) is 4.77. The van der Waals surface area contributed by atoms with Gasteiger partial charge in [-0.05, 0) is 42.0 Å². The molecule has 2 aromatic rings. The van der Waals surface area contributed by atoms with Gasteiger partial charge in [-0.15, -0.1) is 0 Å².